The average Bonchev–Trinajstić information content (AvgIpc) is 2.69. The topological polar surface area (TPSA) is 47.6 Å². The molecule has 4 nitrogen and oxygen atoms in total. The highest BCUT2D eigenvalue weighted by atomic mass is 32.2. The van der Waals surface area contributed by atoms with E-state index < -0.39 is 0 Å². The van der Waals surface area contributed by atoms with Crippen LogP contribution in [0.2, 0.25) is 0 Å². The van der Waals surface area contributed by atoms with Crippen molar-refractivity contribution >= 4 is 23.4 Å². The molecule has 3 rings (SSSR count). The van der Waals surface area contributed by atoms with Gasteiger partial charge in [-0.15, -0.1) is 11.8 Å². The van der Waals surface area contributed by atoms with Gasteiger partial charge in [0.25, 0.3) is 0 Å². The van der Waals surface area contributed by atoms with Crippen molar-refractivity contribution in [1.82, 2.24) is 0 Å². The summed E-state index contributed by atoms with van der Waals surface area (Å²) in [6, 6.07) is 24.5. The first kappa shape index (κ1) is 17.9. The van der Waals surface area contributed by atoms with Crippen LogP contribution < -0.4 is 14.8 Å². The van der Waals surface area contributed by atoms with Gasteiger partial charge in [0.2, 0.25) is 5.91 Å². The Bertz CT molecular complexity index is 833. The van der Waals surface area contributed by atoms with Crippen molar-refractivity contribution in [1.29, 1.82) is 0 Å². The summed E-state index contributed by atoms with van der Waals surface area (Å²) < 4.78 is 10.9. The first-order chi connectivity index (χ1) is 12.7. The summed E-state index contributed by atoms with van der Waals surface area (Å²) in [4.78, 5) is 13.1. The fourth-order valence-corrected chi connectivity index (χ4v) is 2.95. The Labute approximate surface area is 157 Å². The van der Waals surface area contributed by atoms with E-state index in [0.717, 1.165) is 27.8 Å². The Balaban J connectivity index is 1.49. The molecule has 5 heteroatoms. The Morgan fingerprint density at radius 2 is 1.46 bits per heavy atom. The van der Waals surface area contributed by atoms with Crippen molar-refractivity contribution in [2.75, 3.05) is 18.2 Å². The van der Waals surface area contributed by atoms with Gasteiger partial charge in [-0.05, 0) is 60.7 Å². The second-order valence-corrected chi connectivity index (χ2v) is 6.50. The van der Waals surface area contributed by atoms with E-state index in [1.165, 1.54) is 11.8 Å². The van der Waals surface area contributed by atoms with Crippen LogP contribution in [0, 0.1) is 0 Å². The van der Waals surface area contributed by atoms with Gasteiger partial charge < -0.3 is 14.8 Å². The smallest absolute Gasteiger partial charge is 0.234 e. The lowest BCUT2D eigenvalue weighted by molar-refractivity contribution is -0.113. The molecule has 1 amide bonds. The number of thioether (sulfide) groups is 1. The van der Waals surface area contributed by atoms with Gasteiger partial charge >= 0.3 is 0 Å². The van der Waals surface area contributed by atoms with Crippen LogP contribution in [0.5, 0.6) is 17.2 Å². The zero-order valence-corrected chi connectivity index (χ0v) is 15.2. The minimum atomic E-state index is -0.0532. The molecular weight excluding hydrogens is 346 g/mol. The molecular formula is C21H19NO3S. The highest BCUT2D eigenvalue weighted by Crippen LogP contribution is 2.24. The fraction of sp³-hybridized carbons (Fsp3) is 0.0952. The highest BCUT2D eigenvalue weighted by Gasteiger charge is 2.05. The minimum Gasteiger partial charge on any atom is -0.497 e. The zero-order valence-electron chi connectivity index (χ0n) is 14.3. The monoisotopic (exact) mass is 365 g/mol. The molecule has 0 aliphatic heterocycles. The van der Waals surface area contributed by atoms with Gasteiger partial charge in [-0.25, -0.2) is 0 Å². The van der Waals surface area contributed by atoms with Crippen LogP contribution in [-0.2, 0) is 4.79 Å². The maximum Gasteiger partial charge on any atom is 0.234 e. The first-order valence-electron chi connectivity index (χ1n) is 8.12. The molecule has 0 saturated carbocycles. The summed E-state index contributed by atoms with van der Waals surface area (Å²) >= 11 is 1.48. The highest BCUT2D eigenvalue weighted by molar-refractivity contribution is 8.00. The third-order valence-electron chi connectivity index (χ3n) is 3.55. The normalized spacial score (nSPS) is 10.2. The van der Waals surface area contributed by atoms with E-state index >= 15 is 0 Å². The number of rotatable bonds is 7. The van der Waals surface area contributed by atoms with Crippen molar-refractivity contribution in [2.45, 2.75) is 4.90 Å². The molecule has 3 aromatic rings. The fourth-order valence-electron chi connectivity index (χ4n) is 2.25. The van der Waals surface area contributed by atoms with E-state index in [1.807, 2.05) is 78.9 Å². The first-order valence-corrected chi connectivity index (χ1v) is 9.11. The summed E-state index contributed by atoms with van der Waals surface area (Å²) in [5.41, 5.74) is 0.741. The molecule has 3 aromatic carbocycles. The largest absolute Gasteiger partial charge is 0.497 e. The Kier molecular flexibility index (Phi) is 6.17. The molecule has 0 aliphatic carbocycles. The number of benzene rings is 3. The van der Waals surface area contributed by atoms with Crippen molar-refractivity contribution < 1.29 is 14.3 Å². The number of methoxy groups -OCH3 is 1. The summed E-state index contributed by atoms with van der Waals surface area (Å²) in [6.07, 6.45) is 0. The van der Waals surface area contributed by atoms with E-state index in [-0.39, 0.29) is 5.91 Å². The van der Waals surface area contributed by atoms with Gasteiger partial charge in [-0.1, -0.05) is 18.2 Å². The Hall–Kier alpha value is -2.92. The molecule has 26 heavy (non-hydrogen) atoms. The van der Waals surface area contributed by atoms with Crippen LogP contribution in [0.25, 0.3) is 0 Å². The predicted molar refractivity (Wildman–Crippen MR) is 105 cm³/mol. The van der Waals surface area contributed by atoms with Crippen LogP contribution in [0.1, 0.15) is 0 Å². The number of ether oxygens (including phenoxy) is 2. The van der Waals surface area contributed by atoms with Crippen LogP contribution in [0.4, 0.5) is 5.69 Å². The lowest BCUT2D eigenvalue weighted by atomic mass is 10.3. The number of nitrogens with one attached hydrogen (secondary N) is 1. The lowest BCUT2D eigenvalue weighted by Gasteiger charge is -2.08. The molecule has 0 heterocycles. The molecule has 0 radical (unpaired) electrons. The molecule has 1 N–H and O–H groups in total. The average molecular weight is 365 g/mol. The van der Waals surface area contributed by atoms with E-state index in [1.54, 1.807) is 7.11 Å². The maximum atomic E-state index is 12.1. The molecule has 0 spiro atoms. The standard InChI is InChI=1S/C21H19NO3S/c1-24-17-11-13-20(14-12-17)26-15-21(23)22-16-7-9-19(10-8-16)25-18-5-3-2-4-6-18/h2-14H,15H2,1H3,(H,22,23). The van der Waals surface area contributed by atoms with Crippen molar-refractivity contribution in [3.05, 3.63) is 78.9 Å². The molecule has 0 saturated heterocycles. The van der Waals surface area contributed by atoms with Crippen LogP contribution in [0.15, 0.2) is 83.8 Å². The number of para-hydroxylation sites is 1. The second kappa shape index (κ2) is 8.97. The van der Waals surface area contributed by atoms with Crippen molar-refractivity contribution in [3.63, 3.8) is 0 Å². The quantitative estimate of drug-likeness (QED) is 0.583. The third-order valence-corrected chi connectivity index (χ3v) is 4.56. The number of anilines is 1. The van der Waals surface area contributed by atoms with E-state index in [4.69, 9.17) is 9.47 Å². The minimum absolute atomic E-state index is 0.0532. The maximum absolute atomic E-state index is 12.1. The number of hydrogen-bond acceptors (Lipinski definition) is 4. The van der Waals surface area contributed by atoms with E-state index in [0.29, 0.717) is 5.75 Å². The van der Waals surface area contributed by atoms with E-state index in [9.17, 15) is 4.79 Å². The number of amides is 1. The second-order valence-electron chi connectivity index (χ2n) is 5.45. The molecule has 0 atom stereocenters. The molecule has 132 valence electrons. The Morgan fingerprint density at radius 3 is 2.12 bits per heavy atom. The van der Waals surface area contributed by atoms with Gasteiger partial charge in [0.15, 0.2) is 0 Å². The third kappa shape index (κ3) is 5.29. The molecule has 0 bridgehead atoms. The van der Waals surface area contributed by atoms with Gasteiger partial charge in [0, 0.05) is 10.6 Å². The van der Waals surface area contributed by atoms with E-state index in [2.05, 4.69) is 5.32 Å². The van der Waals surface area contributed by atoms with Crippen LogP contribution in [0.3, 0.4) is 0 Å². The zero-order chi connectivity index (χ0) is 18.2. The number of carbonyl (C=O) groups is 1. The van der Waals surface area contributed by atoms with Gasteiger partial charge in [0.05, 0.1) is 12.9 Å². The summed E-state index contributed by atoms with van der Waals surface area (Å²) in [5.74, 6) is 2.59. The Morgan fingerprint density at radius 1 is 0.846 bits per heavy atom. The number of hydrogen-bond donors (Lipinski definition) is 1. The summed E-state index contributed by atoms with van der Waals surface area (Å²) in [5, 5.41) is 2.89. The summed E-state index contributed by atoms with van der Waals surface area (Å²) in [6.45, 7) is 0. The van der Waals surface area contributed by atoms with Crippen molar-refractivity contribution in [3.8, 4) is 17.2 Å². The molecule has 0 fully saturated rings. The number of carbonyl (C=O) groups excluding carboxylic acids is 1. The van der Waals surface area contributed by atoms with Crippen LogP contribution in [-0.4, -0.2) is 18.8 Å². The van der Waals surface area contributed by atoms with Gasteiger partial charge in [-0.3, -0.25) is 4.79 Å². The predicted octanol–water partition coefficient (Wildman–Crippen LogP) is 5.22. The molecule has 0 unspecified atom stereocenters. The lowest BCUT2D eigenvalue weighted by Crippen LogP contribution is -2.13. The molecule has 0 aliphatic rings. The molecule has 0 aromatic heterocycles. The van der Waals surface area contributed by atoms with Crippen LogP contribution >= 0.6 is 11.8 Å². The van der Waals surface area contributed by atoms with Gasteiger partial charge in [0.1, 0.15) is 17.2 Å². The van der Waals surface area contributed by atoms with Gasteiger partial charge in [-0.2, -0.15) is 0 Å². The summed E-state index contributed by atoms with van der Waals surface area (Å²) in [7, 11) is 1.63. The SMILES string of the molecule is COc1ccc(SCC(=O)Nc2ccc(Oc3ccccc3)cc2)cc1. The van der Waals surface area contributed by atoms with Crippen molar-refractivity contribution in [2.24, 2.45) is 0 Å².